The molecule has 0 bridgehead atoms. The largest absolute Gasteiger partial charge is 0.350 e. The van der Waals surface area contributed by atoms with E-state index >= 15 is 0 Å². The van der Waals surface area contributed by atoms with Crippen LogP contribution in [0.4, 0.5) is 8.78 Å². The number of aromatic nitrogens is 2. The first-order chi connectivity index (χ1) is 15.4. The molecule has 1 N–H and O–H groups in total. The molecule has 2 aromatic carbocycles. The maximum Gasteiger partial charge on any atom is 0.220 e. The predicted molar refractivity (Wildman–Crippen MR) is 122 cm³/mol. The van der Waals surface area contributed by atoms with Crippen molar-refractivity contribution in [2.75, 3.05) is 0 Å². The minimum atomic E-state index is -0.404. The smallest absolute Gasteiger partial charge is 0.220 e. The van der Waals surface area contributed by atoms with Crippen LogP contribution in [0, 0.1) is 11.6 Å². The summed E-state index contributed by atoms with van der Waals surface area (Å²) in [6.45, 7) is 2.39. The molecular weight excluding hydrogens is 432 g/mol. The fourth-order valence-corrected chi connectivity index (χ4v) is 3.84. The van der Waals surface area contributed by atoms with Crippen molar-refractivity contribution in [3.63, 3.8) is 0 Å². The van der Waals surface area contributed by atoms with E-state index < -0.39 is 5.82 Å². The molecule has 0 aliphatic heterocycles. The third-order valence-electron chi connectivity index (χ3n) is 5.40. The Morgan fingerprint density at radius 2 is 1.78 bits per heavy atom. The molecule has 0 aliphatic rings. The summed E-state index contributed by atoms with van der Waals surface area (Å²) in [4.78, 5) is 16.8. The molecule has 0 spiro atoms. The summed E-state index contributed by atoms with van der Waals surface area (Å²) in [5.41, 5.74) is 3.40. The molecule has 32 heavy (non-hydrogen) atoms. The van der Waals surface area contributed by atoms with Gasteiger partial charge in [0.25, 0.3) is 0 Å². The lowest BCUT2D eigenvalue weighted by Crippen LogP contribution is -2.27. The first kappa shape index (κ1) is 22.0. The number of rotatable bonds is 7. The van der Waals surface area contributed by atoms with E-state index in [2.05, 4.69) is 10.3 Å². The number of benzene rings is 2. The van der Waals surface area contributed by atoms with Gasteiger partial charge in [0.15, 0.2) is 0 Å². The van der Waals surface area contributed by atoms with Crippen molar-refractivity contribution in [2.24, 2.45) is 0 Å². The van der Waals surface area contributed by atoms with Gasteiger partial charge in [0.1, 0.15) is 17.3 Å². The van der Waals surface area contributed by atoms with Gasteiger partial charge in [0, 0.05) is 29.1 Å². The number of carbonyl (C=O) groups is 1. The van der Waals surface area contributed by atoms with Crippen molar-refractivity contribution in [2.45, 2.75) is 32.4 Å². The Hall–Kier alpha value is -3.25. The van der Waals surface area contributed by atoms with E-state index in [0.717, 1.165) is 16.8 Å². The van der Waals surface area contributed by atoms with Crippen LogP contribution in [0.5, 0.6) is 0 Å². The van der Waals surface area contributed by atoms with Crippen LogP contribution in [-0.4, -0.2) is 15.5 Å². The van der Waals surface area contributed by atoms with E-state index in [1.807, 2.05) is 41.8 Å². The Morgan fingerprint density at radius 1 is 1.06 bits per heavy atom. The third-order valence-corrected chi connectivity index (χ3v) is 5.65. The molecule has 2 aromatic heterocycles. The van der Waals surface area contributed by atoms with E-state index in [-0.39, 0.29) is 24.2 Å². The average Bonchev–Trinajstić information content (AvgIpc) is 3.10. The SMILES string of the molecule is C[C@H](NC(=O)CCc1cc2cc(F)cnc2n1Cc1ccc(Cl)cc1)c1ccc(F)cc1. The Bertz CT molecular complexity index is 1240. The number of nitrogens with one attached hydrogen (secondary N) is 1. The van der Waals surface area contributed by atoms with Gasteiger partial charge in [-0.25, -0.2) is 13.8 Å². The molecule has 4 rings (SSSR count). The second-order valence-electron chi connectivity index (χ2n) is 7.76. The highest BCUT2D eigenvalue weighted by atomic mass is 35.5. The number of aryl methyl sites for hydroxylation is 1. The number of nitrogens with zero attached hydrogens (tertiary/aromatic N) is 2. The van der Waals surface area contributed by atoms with Gasteiger partial charge in [-0.05, 0) is 60.9 Å². The first-order valence-electron chi connectivity index (χ1n) is 10.3. The summed E-state index contributed by atoms with van der Waals surface area (Å²) in [6.07, 6.45) is 1.92. The van der Waals surface area contributed by atoms with Crippen LogP contribution < -0.4 is 5.32 Å². The fourth-order valence-electron chi connectivity index (χ4n) is 3.72. The van der Waals surface area contributed by atoms with Crippen molar-refractivity contribution < 1.29 is 13.6 Å². The summed E-state index contributed by atoms with van der Waals surface area (Å²) >= 11 is 5.99. The first-order valence-corrected chi connectivity index (χ1v) is 10.7. The maximum absolute atomic E-state index is 13.7. The highest BCUT2D eigenvalue weighted by molar-refractivity contribution is 6.30. The lowest BCUT2D eigenvalue weighted by Gasteiger charge is -2.15. The molecule has 1 amide bonds. The molecule has 2 heterocycles. The highest BCUT2D eigenvalue weighted by Crippen LogP contribution is 2.23. The Morgan fingerprint density at radius 3 is 2.50 bits per heavy atom. The van der Waals surface area contributed by atoms with Crippen molar-refractivity contribution in [3.8, 4) is 0 Å². The van der Waals surface area contributed by atoms with Gasteiger partial charge < -0.3 is 9.88 Å². The summed E-state index contributed by atoms with van der Waals surface area (Å²) in [7, 11) is 0. The molecule has 7 heteroatoms. The lowest BCUT2D eigenvalue weighted by atomic mass is 10.1. The normalized spacial score (nSPS) is 12.1. The Labute approximate surface area is 189 Å². The van der Waals surface area contributed by atoms with E-state index in [1.54, 1.807) is 12.1 Å². The van der Waals surface area contributed by atoms with E-state index in [9.17, 15) is 13.6 Å². The minimum Gasteiger partial charge on any atom is -0.350 e. The molecule has 0 saturated heterocycles. The van der Waals surface area contributed by atoms with Crippen LogP contribution in [0.2, 0.25) is 5.02 Å². The quantitative estimate of drug-likeness (QED) is 0.383. The van der Waals surface area contributed by atoms with Crippen LogP contribution in [-0.2, 0) is 17.8 Å². The summed E-state index contributed by atoms with van der Waals surface area (Å²) in [5, 5.41) is 4.28. The van der Waals surface area contributed by atoms with Gasteiger partial charge in [-0.15, -0.1) is 0 Å². The molecular formula is C25H22ClF2N3O. The zero-order valence-corrected chi connectivity index (χ0v) is 18.2. The van der Waals surface area contributed by atoms with Crippen molar-refractivity contribution in [1.82, 2.24) is 14.9 Å². The summed E-state index contributed by atoms with van der Waals surface area (Å²) in [6, 6.07) is 16.6. The van der Waals surface area contributed by atoms with Gasteiger partial charge in [-0.1, -0.05) is 35.9 Å². The molecule has 0 unspecified atom stereocenters. The number of hydrogen-bond acceptors (Lipinski definition) is 2. The minimum absolute atomic E-state index is 0.121. The second kappa shape index (κ2) is 9.49. The van der Waals surface area contributed by atoms with E-state index in [1.165, 1.54) is 24.4 Å². The van der Waals surface area contributed by atoms with Crippen molar-refractivity contribution in [3.05, 3.63) is 100 Å². The number of hydrogen-bond donors (Lipinski definition) is 1. The number of halogens is 3. The van der Waals surface area contributed by atoms with Gasteiger partial charge >= 0.3 is 0 Å². The fraction of sp³-hybridized carbons (Fsp3) is 0.200. The molecule has 0 radical (unpaired) electrons. The van der Waals surface area contributed by atoms with Crippen LogP contribution in [0.15, 0.2) is 66.9 Å². The summed E-state index contributed by atoms with van der Waals surface area (Å²) < 4.78 is 28.8. The van der Waals surface area contributed by atoms with Gasteiger partial charge in [-0.3, -0.25) is 4.79 Å². The van der Waals surface area contributed by atoms with Crippen LogP contribution >= 0.6 is 11.6 Å². The number of fused-ring (bicyclic) bond motifs is 1. The van der Waals surface area contributed by atoms with Gasteiger partial charge in [0.05, 0.1) is 12.2 Å². The number of pyridine rings is 1. The number of amides is 1. The number of carbonyl (C=O) groups excluding carboxylic acids is 1. The average molecular weight is 454 g/mol. The van der Waals surface area contributed by atoms with Gasteiger partial charge in [-0.2, -0.15) is 0 Å². The van der Waals surface area contributed by atoms with Crippen LogP contribution in [0.3, 0.4) is 0 Å². The van der Waals surface area contributed by atoms with E-state index in [0.29, 0.717) is 29.0 Å². The zero-order valence-electron chi connectivity index (χ0n) is 17.5. The molecule has 0 saturated carbocycles. The van der Waals surface area contributed by atoms with Crippen LogP contribution in [0.1, 0.15) is 36.2 Å². The Kier molecular flexibility index (Phi) is 6.51. The summed E-state index contributed by atoms with van der Waals surface area (Å²) in [5.74, 6) is -0.839. The topological polar surface area (TPSA) is 46.9 Å². The third kappa shape index (κ3) is 5.14. The second-order valence-corrected chi connectivity index (χ2v) is 8.19. The van der Waals surface area contributed by atoms with Crippen molar-refractivity contribution in [1.29, 1.82) is 0 Å². The molecule has 4 nitrogen and oxygen atoms in total. The van der Waals surface area contributed by atoms with Gasteiger partial charge in [0.2, 0.25) is 5.91 Å². The van der Waals surface area contributed by atoms with E-state index in [4.69, 9.17) is 11.6 Å². The van der Waals surface area contributed by atoms with Crippen molar-refractivity contribution >= 4 is 28.5 Å². The molecule has 0 fully saturated rings. The molecule has 164 valence electrons. The monoisotopic (exact) mass is 453 g/mol. The lowest BCUT2D eigenvalue weighted by molar-refractivity contribution is -0.121. The maximum atomic E-state index is 13.7. The molecule has 0 aliphatic carbocycles. The highest BCUT2D eigenvalue weighted by Gasteiger charge is 2.15. The molecule has 4 aromatic rings. The zero-order chi connectivity index (χ0) is 22.7. The standard InChI is InChI=1S/C25H22ClF2N3O/c1-16(18-4-8-21(27)9-5-18)30-24(32)11-10-23-13-19-12-22(28)14-29-25(19)31(23)15-17-2-6-20(26)7-3-17/h2-9,12-14,16H,10-11,15H2,1H3,(H,30,32)/t16-/m0/s1. The predicted octanol–water partition coefficient (Wildman–Crippen LogP) is 5.83. The molecule has 1 atom stereocenters. The Balaban J connectivity index is 1.50. The van der Waals surface area contributed by atoms with Crippen LogP contribution in [0.25, 0.3) is 11.0 Å².